The first-order valence-corrected chi connectivity index (χ1v) is 3.89. The van der Waals surface area contributed by atoms with E-state index >= 15 is 0 Å². The maximum absolute atomic E-state index is 13.0. The highest BCUT2D eigenvalue weighted by atomic mass is 79.9. The van der Waals surface area contributed by atoms with Crippen molar-refractivity contribution in [3.05, 3.63) is 34.8 Å². The Morgan fingerprint density at radius 3 is 3.00 bits per heavy atom. The molecule has 0 atom stereocenters. The Bertz CT molecular complexity index is 394. The second-order valence-corrected chi connectivity index (χ2v) is 3.14. The van der Waals surface area contributed by atoms with E-state index in [4.69, 9.17) is 4.42 Å². The highest BCUT2D eigenvalue weighted by Gasteiger charge is 2.03. The summed E-state index contributed by atoms with van der Waals surface area (Å²) >= 11 is 3.17. The van der Waals surface area contributed by atoms with Gasteiger partial charge >= 0.3 is 0 Å². The van der Waals surface area contributed by atoms with Crippen molar-refractivity contribution in [2.45, 2.75) is 0 Å². The Morgan fingerprint density at radius 2 is 2.18 bits per heavy atom. The summed E-state index contributed by atoms with van der Waals surface area (Å²) in [7, 11) is 0. The summed E-state index contributed by atoms with van der Waals surface area (Å²) in [5.41, 5.74) is 0.567. The molecule has 1 nitrogen and oxygen atoms in total. The fourth-order valence-electron chi connectivity index (χ4n) is 0.996. The van der Waals surface area contributed by atoms with E-state index in [0.29, 0.717) is 15.4 Å². The molecule has 0 bridgehead atoms. The summed E-state index contributed by atoms with van der Waals surface area (Å²) < 4.78 is 18.7. The molecule has 0 amide bonds. The van der Waals surface area contributed by atoms with Gasteiger partial charge in [0, 0.05) is 4.47 Å². The third kappa shape index (κ3) is 1.05. The smallest absolute Gasteiger partial charge is 0.137 e. The summed E-state index contributed by atoms with van der Waals surface area (Å²) in [5, 5.41) is 0.521. The molecule has 0 spiro atoms. The van der Waals surface area contributed by atoms with Gasteiger partial charge in [0.2, 0.25) is 0 Å². The van der Waals surface area contributed by atoms with Gasteiger partial charge in [0.1, 0.15) is 11.4 Å². The third-order valence-corrected chi connectivity index (χ3v) is 1.94. The molecule has 2 rings (SSSR count). The molecule has 0 fully saturated rings. The number of rotatable bonds is 0. The van der Waals surface area contributed by atoms with Crippen molar-refractivity contribution in [1.29, 1.82) is 0 Å². The molecule has 2 aromatic rings. The van der Waals surface area contributed by atoms with Crippen LogP contribution in [-0.4, -0.2) is 0 Å². The number of halogens is 2. The molecule has 0 N–H and O–H groups in total. The van der Waals surface area contributed by atoms with Gasteiger partial charge in [-0.2, -0.15) is 0 Å². The zero-order valence-corrected chi connectivity index (χ0v) is 7.06. The first kappa shape index (κ1) is 6.85. The summed E-state index contributed by atoms with van der Waals surface area (Å²) in [6, 6.07) is 4.76. The monoisotopic (exact) mass is 214 g/mol. The Hall–Kier alpha value is -0.830. The molecule has 0 unspecified atom stereocenters. The molecule has 11 heavy (non-hydrogen) atoms. The molecule has 0 aliphatic carbocycles. The van der Waals surface area contributed by atoms with Crippen molar-refractivity contribution in [2.24, 2.45) is 0 Å². The molecule has 0 aliphatic heterocycles. The zero-order valence-electron chi connectivity index (χ0n) is 5.47. The number of benzene rings is 1. The predicted octanol–water partition coefficient (Wildman–Crippen LogP) is 3.33. The lowest BCUT2D eigenvalue weighted by molar-refractivity contribution is 0.610. The van der Waals surface area contributed by atoms with Gasteiger partial charge in [-0.05, 0) is 18.2 Å². The van der Waals surface area contributed by atoms with Crippen molar-refractivity contribution in [2.75, 3.05) is 0 Å². The highest BCUT2D eigenvalue weighted by Crippen LogP contribution is 2.23. The second-order valence-electron chi connectivity index (χ2n) is 2.22. The van der Waals surface area contributed by atoms with Crippen molar-refractivity contribution in [3.63, 3.8) is 0 Å². The fraction of sp³-hybridized carbons (Fsp3) is 0. The van der Waals surface area contributed by atoms with Crippen LogP contribution in [0.1, 0.15) is 0 Å². The molecular weight excluding hydrogens is 211 g/mol. The van der Waals surface area contributed by atoms with E-state index in [9.17, 15) is 4.39 Å². The quantitative estimate of drug-likeness (QED) is 0.656. The average Bonchev–Trinajstić information content (AvgIpc) is 2.34. The van der Waals surface area contributed by atoms with Crippen LogP contribution < -0.4 is 0 Å². The summed E-state index contributed by atoms with van der Waals surface area (Å²) in [5.74, 6) is -0.261. The number of furan rings is 1. The second kappa shape index (κ2) is 2.34. The minimum atomic E-state index is -0.261. The van der Waals surface area contributed by atoms with E-state index in [-0.39, 0.29) is 5.82 Å². The molecule has 0 aliphatic rings. The summed E-state index contributed by atoms with van der Waals surface area (Å²) in [4.78, 5) is 0. The van der Waals surface area contributed by atoms with Crippen LogP contribution in [0.4, 0.5) is 4.39 Å². The molecule has 0 saturated heterocycles. The van der Waals surface area contributed by atoms with Crippen molar-refractivity contribution in [1.82, 2.24) is 0 Å². The van der Waals surface area contributed by atoms with Gasteiger partial charge in [0.15, 0.2) is 0 Å². The van der Waals surface area contributed by atoms with Crippen LogP contribution in [0.15, 0.2) is 33.4 Å². The maximum atomic E-state index is 13.0. The van der Waals surface area contributed by atoms with Gasteiger partial charge in [-0.1, -0.05) is 15.9 Å². The van der Waals surface area contributed by atoms with E-state index in [0.717, 1.165) is 0 Å². The Balaban J connectivity index is 2.91. The average molecular weight is 215 g/mol. The topological polar surface area (TPSA) is 13.1 Å². The first-order valence-electron chi connectivity index (χ1n) is 3.09. The summed E-state index contributed by atoms with van der Waals surface area (Å²) in [6.07, 6.45) is 1.47. The molecule has 3 heteroatoms. The standard InChI is InChI=1S/C8H4BrFO/c9-5-3-7(10)6-1-2-11-8(6)4-5/h1-4H. The number of hydrogen-bond acceptors (Lipinski definition) is 1. The van der Waals surface area contributed by atoms with E-state index in [1.54, 1.807) is 12.1 Å². The Morgan fingerprint density at radius 1 is 1.36 bits per heavy atom. The van der Waals surface area contributed by atoms with Gasteiger partial charge < -0.3 is 4.42 Å². The minimum absolute atomic E-state index is 0.261. The van der Waals surface area contributed by atoms with E-state index in [1.807, 2.05) is 0 Å². The first-order chi connectivity index (χ1) is 5.27. The largest absolute Gasteiger partial charge is 0.464 e. The molecule has 1 heterocycles. The predicted molar refractivity (Wildman–Crippen MR) is 43.9 cm³/mol. The highest BCUT2D eigenvalue weighted by molar-refractivity contribution is 9.10. The van der Waals surface area contributed by atoms with Crippen LogP contribution in [0.5, 0.6) is 0 Å². The Labute approximate surface area is 70.9 Å². The van der Waals surface area contributed by atoms with Gasteiger partial charge in [-0.25, -0.2) is 4.39 Å². The van der Waals surface area contributed by atoms with E-state index < -0.39 is 0 Å². The number of hydrogen-bond donors (Lipinski definition) is 0. The number of fused-ring (bicyclic) bond motifs is 1. The van der Waals surface area contributed by atoms with E-state index in [2.05, 4.69) is 15.9 Å². The fourth-order valence-corrected chi connectivity index (χ4v) is 1.40. The normalized spacial score (nSPS) is 10.7. The minimum Gasteiger partial charge on any atom is -0.464 e. The maximum Gasteiger partial charge on any atom is 0.137 e. The van der Waals surface area contributed by atoms with Crippen LogP contribution >= 0.6 is 15.9 Å². The molecule has 0 saturated carbocycles. The van der Waals surface area contributed by atoms with E-state index in [1.165, 1.54) is 12.3 Å². The molecular formula is C8H4BrFO. The van der Waals surface area contributed by atoms with Gasteiger partial charge in [0.25, 0.3) is 0 Å². The molecule has 1 aromatic heterocycles. The Kier molecular flexibility index (Phi) is 1.46. The van der Waals surface area contributed by atoms with Gasteiger partial charge in [-0.3, -0.25) is 0 Å². The summed E-state index contributed by atoms with van der Waals surface area (Å²) in [6.45, 7) is 0. The molecule has 0 radical (unpaired) electrons. The van der Waals surface area contributed by atoms with Gasteiger partial charge in [0.05, 0.1) is 11.6 Å². The van der Waals surface area contributed by atoms with Crippen LogP contribution in [-0.2, 0) is 0 Å². The lowest BCUT2D eigenvalue weighted by atomic mass is 10.2. The lowest BCUT2D eigenvalue weighted by Gasteiger charge is -1.91. The van der Waals surface area contributed by atoms with Crippen LogP contribution in [0.3, 0.4) is 0 Å². The van der Waals surface area contributed by atoms with Crippen molar-refractivity contribution >= 4 is 26.9 Å². The SMILES string of the molecule is Fc1cc(Br)cc2occc12. The molecule has 56 valence electrons. The van der Waals surface area contributed by atoms with Crippen molar-refractivity contribution in [3.8, 4) is 0 Å². The molecule has 1 aromatic carbocycles. The van der Waals surface area contributed by atoms with Crippen molar-refractivity contribution < 1.29 is 8.81 Å². The lowest BCUT2D eigenvalue weighted by Crippen LogP contribution is -1.74. The van der Waals surface area contributed by atoms with Crippen LogP contribution in [0.2, 0.25) is 0 Å². The van der Waals surface area contributed by atoms with Crippen LogP contribution in [0, 0.1) is 5.82 Å². The zero-order chi connectivity index (χ0) is 7.84. The van der Waals surface area contributed by atoms with Crippen LogP contribution in [0.25, 0.3) is 11.0 Å². The third-order valence-electron chi connectivity index (χ3n) is 1.49. The van der Waals surface area contributed by atoms with Gasteiger partial charge in [-0.15, -0.1) is 0 Å².